The van der Waals surface area contributed by atoms with Crippen LogP contribution < -0.4 is 5.32 Å². The topological polar surface area (TPSA) is 15.3 Å². The van der Waals surface area contributed by atoms with Crippen LogP contribution in [-0.2, 0) is 0 Å². The molecule has 1 aliphatic rings. The second kappa shape index (κ2) is 5.33. The Morgan fingerprint density at radius 2 is 2.12 bits per heavy atom. The van der Waals surface area contributed by atoms with E-state index in [2.05, 4.69) is 44.5 Å². The van der Waals surface area contributed by atoms with E-state index >= 15 is 0 Å². The zero-order valence-electron chi connectivity index (χ0n) is 11.5. The first kappa shape index (κ1) is 13.7. The lowest BCUT2D eigenvalue weighted by molar-refractivity contribution is 0.107. The van der Waals surface area contributed by atoms with Gasteiger partial charge in [-0.2, -0.15) is 0 Å². The molecule has 2 nitrogen and oxygen atoms in total. The number of nitrogens with one attached hydrogen (secondary N) is 1. The molecule has 1 unspecified atom stereocenters. The van der Waals surface area contributed by atoms with Crippen LogP contribution in [-0.4, -0.2) is 35.6 Å². The van der Waals surface area contributed by atoms with Gasteiger partial charge in [0.25, 0.3) is 0 Å². The molecular weight excluding hydrogens is 196 g/mol. The highest BCUT2D eigenvalue weighted by molar-refractivity contribution is 4.97. The van der Waals surface area contributed by atoms with Crippen molar-refractivity contribution < 1.29 is 0 Å². The monoisotopic (exact) mass is 224 g/mol. The van der Waals surface area contributed by atoms with Crippen molar-refractivity contribution in [2.45, 2.75) is 58.0 Å². The molecular formula is C14H28N2. The van der Waals surface area contributed by atoms with Gasteiger partial charge in [-0.1, -0.05) is 13.0 Å². The largest absolute Gasteiger partial charge is 0.310 e. The lowest BCUT2D eigenvalue weighted by Crippen LogP contribution is -2.54. The average Bonchev–Trinajstić information content (AvgIpc) is 2.65. The normalized spacial score (nSPS) is 26.3. The molecule has 1 atom stereocenters. The van der Waals surface area contributed by atoms with Crippen molar-refractivity contribution in [2.75, 3.05) is 19.6 Å². The predicted octanol–water partition coefficient (Wildman–Crippen LogP) is 2.81. The third-order valence-electron chi connectivity index (χ3n) is 3.80. The zero-order chi connectivity index (χ0) is 12.2. The molecule has 94 valence electrons. The van der Waals surface area contributed by atoms with E-state index in [4.69, 9.17) is 0 Å². The highest BCUT2D eigenvalue weighted by Crippen LogP contribution is 2.27. The van der Waals surface area contributed by atoms with E-state index in [1.807, 2.05) is 6.08 Å². The number of rotatable bonds is 5. The van der Waals surface area contributed by atoms with Gasteiger partial charge in [0.15, 0.2) is 0 Å². The molecule has 0 aromatic heterocycles. The summed E-state index contributed by atoms with van der Waals surface area (Å²) in [7, 11) is 0. The first-order chi connectivity index (χ1) is 7.43. The van der Waals surface area contributed by atoms with Crippen molar-refractivity contribution in [3.05, 3.63) is 12.7 Å². The highest BCUT2D eigenvalue weighted by atomic mass is 15.2. The number of hydrogen-bond donors (Lipinski definition) is 1. The molecule has 0 spiro atoms. The predicted molar refractivity (Wildman–Crippen MR) is 71.8 cm³/mol. The van der Waals surface area contributed by atoms with Crippen molar-refractivity contribution in [1.82, 2.24) is 10.2 Å². The maximum atomic E-state index is 3.88. The van der Waals surface area contributed by atoms with Gasteiger partial charge in [-0.15, -0.1) is 6.58 Å². The SMILES string of the molecule is C=CCN(CC1(CC)CCCN1)C(C)(C)C. The second-order valence-electron chi connectivity index (χ2n) is 6.00. The first-order valence-electron chi connectivity index (χ1n) is 6.54. The van der Waals surface area contributed by atoms with Crippen LogP contribution in [0.4, 0.5) is 0 Å². The van der Waals surface area contributed by atoms with E-state index in [0.717, 1.165) is 13.1 Å². The van der Waals surface area contributed by atoms with E-state index in [1.165, 1.54) is 25.8 Å². The van der Waals surface area contributed by atoms with Gasteiger partial charge >= 0.3 is 0 Å². The summed E-state index contributed by atoms with van der Waals surface area (Å²) in [6, 6.07) is 0. The van der Waals surface area contributed by atoms with Crippen LogP contribution in [0.5, 0.6) is 0 Å². The van der Waals surface area contributed by atoms with Crippen molar-refractivity contribution in [1.29, 1.82) is 0 Å². The molecule has 2 heteroatoms. The minimum Gasteiger partial charge on any atom is -0.310 e. The van der Waals surface area contributed by atoms with Crippen molar-refractivity contribution in [3.63, 3.8) is 0 Å². The summed E-state index contributed by atoms with van der Waals surface area (Å²) in [6.45, 7) is 16.3. The Hall–Kier alpha value is -0.340. The molecule has 1 rings (SSSR count). The third-order valence-corrected chi connectivity index (χ3v) is 3.80. The van der Waals surface area contributed by atoms with Crippen LogP contribution in [0.3, 0.4) is 0 Å². The molecule has 1 aliphatic heterocycles. The van der Waals surface area contributed by atoms with Crippen molar-refractivity contribution in [2.24, 2.45) is 0 Å². The summed E-state index contributed by atoms with van der Waals surface area (Å²) in [6.07, 6.45) is 5.87. The van der Waals surface area contributed by atoms with Crippen LogP contribution in [0, 0.1) is 0 Å². The summed E-state index contributed by atoms with van der Waals surface area (Å²) in [5.41, 5.74) is 0.566. The number of hydrogen-bond acceptors (Lipinski definition) is 2. The Morgan fingerprint density at radius 1 is 1.44 bits per heavy atom. The Kier molecular flexibility index (Phi) is 4.57. The van der Waals surface area contributed by atoms with Crippen LogP contribution >= 0.6 is 0 Å². The summed E-state index contributed by atoms with van der Waals surface area (Å²) in [4.78, 5) is 2.53. The van der Waals surface area contributed by atoms with Gasteiger partial charge in [-0.3, -0.25) is 4.90 Å². The Labute approximate surface area is 101 Å². The van der Waals surface area contributed by atoms with Gasteiger partial charge in [0.2, 0.25) is 0 Å². The van der Waals surface area contributed by atoms with Gasteiger partial charge in [-0.05, 0) is 46.6 Å². The van der Waals surface area contributed by atoms with Gasteiger partial charge in [0, 0.05) is 24.2 Å². The lowest BCUT2D eigenvalue weighted by Gasteiger charge is -2.41. The van der Waals surface area contributed by atoms with Crippen molar-refractivity contribution >= 4 is 0 Å². The first-order valence-corrected chi connectivity index (χ1v) is 6.54. The van der Waals surface area contributed by atoms with Crippen LogP contribution in [0.2, 0.25) is 0 Å². The van der Waals surface area contributed by atoms with Crippen LogP contribution in [0.15, 0.2) is 12.7 Å². The van der Waals surface area contributed by atoms with Gasteiger partial charge in [0.05, 0.1) is 0 Å². The fourth-order valence-corrected chi connectivity index (χ4v) is 2.51. The number of nitrogens with zero attached hydrogens (tertiary/aromatic N) is 1. The maximum Gasteiger partial charge on any atom is 0.0306 e. The molecule has 0 amide bonds. The molecule has 1 fully saturated rings. The molecule has 1 saturated heterocycles. The van der Waals surface area contributed by atoms with Gasteiger partial charge < -0.3 is 5.32 Å². The molecule has 0 aliphatic carbocycles. The van der Waals surface area contributed by atoms with Crippen LogP contribution in [0.1, 0.15) is 47.0 Å². The Morgan fingerprint density at radius 3 is 2.50 bits per heavy atom. The summed E-state index contributed by atoms with van der Waals surface area (Å²) in [5, 5.41) is 3.70. The molecule has 1 heterocycles. The Balaban J connectivity index is 2.69. The zero-order valence-corrected chi connectivity index (χ0v) is 11.5. The smallest absolute Gasteiger partial charge is 0.0306 e. The lowest BCUT2D eigenvalue weighted by atomic mass is 9.91. The van der Waals surface area contributed by atoms with Gasteiger partial charge in [0.1, 0.15) is 0 Å². The summed E-state index contributed by atoms with van der Waals surface area (Å²) >= 11 is 0. The quantitative estimate of drug-likeness (QED) is 0.722. The summed E-state index contributed by atoms with van der Waals surface area (Å²) < 4.78 is 0. The molecule has 0 aromatic carbocycles. The average molecular weight is 224 g/mol. The second-order valence-corrected chi connectivity index (χ2v) is 6.00. The summed E-state index contributed by atoms with van der Waals surface area (Å²) in [5.74, 6) is 0. The molecule has 0 radical (unpaired) electrons. The molecule has 0 aromatic rings. The molecule has 16 heavy (non-hydrogen) atoms. The van der Waals surface area contributed by atoms with E-state index in [-0.39, 0.29) is 5.54 Å². The molecule has 1 N–H and O–H groups in total. The Bertz CT molecular complexity index is 221. The molecule has 0 saturated carbocycles. The van der Waals surface area contributed by atoms with Crippen LogP contribution in [0.25, 0.3) is 0 Å². The van der Waals surface area contributed by atoms with Crippen molar-refractivity contribution in [3.8, 4) is 0 Å². The minimum absolute atomic E-state index is 0.223. The van der Waals surface area contributed by atoms with E-state index in [0.29, 0.717) is 5.54 Å². The minimum atomic E-state index is 0.223. The molecule has 0 bridgehead atoms. The fraction of sp³-hybridized carbons (Fsp3) is 0.857. The van der Waals surface area contributed by atoms with Gasteiger partial charge in [-0.25, -0.2) is 0 Å². The van der Waals surface area contributed by atoms with E-state index in [1.54, 1.807) is 0 Å². The van der Waals surface area contributed by atoms with E-state index < -0.39 is 0 Å². The fourth-order valence-electron chi connectivity index (χ4n) is 2.51. The standard InChI is InChI=1S/C14H28N2/c1-6-11-16(13(3,4)5)12-14(7-2)9-8-10-15-14/h6,15H,1,7-12H2,2-5H3. The highest BCUT2D eigenvalue weighted by Gasteiger charge is 2.35. The van der Waals surface area contributed by atoms with E-state index in [9.17, 15) is 0 Å². The third kappa shape index (κ3) is 3.33. The maximum absolute atomic E-state index is 3.88.